The van der Waals surface area contributed by atoms with Gasteiger partial charge in [0.2, 0.25) is 0 Å². The molecule has 1 aliphatic carbocycles. The number of carbonyl (C=O) groups excluding carboxylic acids is 1. The number of nitrogens with zero attached hydrogens (tertiary/aromatic N) is 1. The molecule has 0 bridgehead atoms. The van der Waals surface area contributed by atoms with Crippen molar-refractivity contribution in [3.8, 4) is 0 Å². The van der Waals surface area contributed by atoms with Gasteiger partial charge in [0, 0.05) is 6.04 Å². The van der Waals surface area contributed by atoms with Crippen LogP contribution >= 0.6 is 0 Å². The van der Waals surface area contributed by atoms with E-state index in [1.165, 1.54) is 38.4 Å². The highest BCUT2D eigenvalue weighted by Crippen LogP contribution is 2.29. The number of ether oxygens (including phenoxy) is 1. The molecule has 0 amide bonds. The highest BCUT2D eigenvalue weighted by Gasteiger charge is 2.24. The van der Waals surface area contributed by atoms with E-state index in [1.807, 2.05) is 0 Å². The normalized spacial score (nSPS) is 17.7. The van der Waals surface area contributed by atoms with Crippen molar-refractivity contribution in [3.05, 3.63) is 12.0 Å². The maximum absolute atomic E-state index is 11.5. The molecule has 1 N–H and O–H groups in total. The fourth-order valence-corrected chi connectivity index (χ4v) is 2.89. The van der Waals surface area contributed by atoms with E-state index in [9.17, 15) is 4.79 Å². The van der Waals surface area contributed by atoms with E-state index >= 15 is 0 Å². The number of anilines is 1. The van der Waals surface area contributed by atoms with Gasteiger partial charge < -0.3 is 14.5 Å². The van der Waals surface area contributed by atoms with Gasteiger partial charge in [-0.1, -0.05) is 26.2 Å². The number of rotatable bonds is 6. The molecule has 1 aliphatic rings. The van der Waals surface area contributed by atoms with E-state index in [-0.39, 0.29) is 5.69 Å². The molecule has 1 aromatic rings. The van der Waals surface area contributed by atoms with Crippen LogP contribution in [0.1, 0.15) is 62.9 Å². The van der Waals surface area contributed by atoms with Crippen LogP contribution in [0.3, 0.4) is 0 Å². The van der Waals surface area contributed by atoms with Crippen LogP contribution in [0.15, 0.2) is 10.7 Å². The highest BCUT2D eigenvalue weighted by molar-refractivity contribution is 5.87. The Bertz CT molecular complexity index is 425. The van der Waals surface area contributed by atoms with E-state index in [4.69, 9.17) is 9.15 Å². The molecule has 0 aliphatic heterocycles. The first kappa shape index (κ1) is 14.9. The van der Waals surface area contributed by atoms with Crippen molar-refractivity contribution < 1.29 is 13.9 Å². The molecule has 112 valence electrons. The number of hydrogen-bond donors (Lipinski definition) is 1. The summed E-state index contributed by atoms with van der Waals surface area (Å²) in [6, 6.07) is 0.787. The van der Waals surface area contributed by atoms with Crippen molar-refractivity contribution in [3.63, 3.8) is 0 Å². The molecule has 0 saturated heterocycles. The van der Waals surface area contributed by atoms with Crippen molar-refractivity contribution in [1.82, 2.24) is 4.98 Å². The lowest BCUT2D eigenvalue weighted by atomic mass is 9.83. The predicted octanol–water partition coefficient (Wildman–Crippen LogP) is 3.62. The number of nitrogens with one attached hydrogen (secondary N) is 1. The third-order valence-corrected chi connectivity index (χ3v) is 3.96. The van der Waals surface area contributed by atoms with Crippen molar-refractivity contribution in [1.29, 1.82) is 0 Å². The molecule has 5 nitrogen and oxygen atoms in total. The van der Waals surface area contributed by atoms with Crippen LogP contribution in [0, 0.1) is 5.92 Å². The van der Waals surface area contributed by atoms with E-state index in [1.54, 1.807) is 6.92 Å². The van der Waals surface area contributed by atoms with Crippen LogP contribution in [0.2, 0.25) is 0 Å². The van der Waals surface area contributed by atoms with E-state index in [0.29, 0.717) is 24.6 Å². The molecule has 0 radical (unpaired) electrons. The molecule has 5 heteroatoms. The summed E-state index contributed by atoms with van der Waals surface area (Å²) in [5, 5.41) is 3.33. The molecule has 2 rings (SSSR count). The molecule has 1 heterocycles. The maximum Gasteiger partial charge on any atom is 0.360 e. The molecule has 20 heavy (non-hydrogen) atoms. The number of aromatic nitrogens is 1. The van der Waals surface area contributed by atoms with Gasteiger partial charge in [0.05, 0.1) is 6.61 Å². The Morgan fingerprint density at radius 2 is 2.20 bits per heavy atom. The van der Waals surface area contributed by atoms with Gasteiger partial charge in [-0.15, -0.1) is 0 Å². The first-order valence-electron chi connectivity index (χ1n) is 7.63. The Morgan fingerprint density at radius 1 is 1.45 bits per heavy atom. The van der Waals surface area contributed by atoms with Crippen molar-refractivity contribution in [2.75, 3.05) is 11.9 Å². The standard InChI is InChI=1S/C15H24N2O3/c1-3-12(11-8-6-5-7-9-11)16-15-17-13(10-20-15)14(18)19-4-2/h10-12H,3-9H2,1-2H3,(H,16,17). The lowest BCUT2D eigenvalue weighted by molar-refractivity contribution is 0.0519. The zero-order valence-corrected chi connectivity index (χ0v) is 12.4. The first-order valence-corrected chi connectivity index (χ1v) is 7.63. The van der Waals surface area contributed by atoms with Crippen LogP contribution in [-0.4, -0.2) is 23.6 Å². The lowest BCUT2D eigenvalue weighted by Crippen LogP contribution is -2.30. The smallest absolute Gasteiger partial charge is 0.360 e. The zero-order valence-electron chi connectivity index (χ0n) is 12.4. The van der Waals surface area contributed by atoms with Gasteiger partial charge in [-0.05, 0) is 32.1 Å². The second-order valence-electron chi connectivity index (χ2n) is 5.32. The van der Waals surface area contributed by atoms with E-state index in [2.05, 4.69) is 17.2 Å². The Labute approximate surface area is 120 Å². The third-order valence-electron chi connectivity index (χ3n) is 3.96. The van der Waals surface area contributed by atoms with Crippen molar-refractivity contribution in [2.24, 2.45) is 5.92 Å². The van der Waals surface area contributed by atoms with Gasteiger partial charge in [0.15, 0.2) is 5.69 Å². The van der Waals surface area contributed by atoms with Gasteiger partial charge in [0.25, 0.3) is 6.01 Å². The minimum absolute atomic E-state index is 0.229. The number of esters is 1. The molecule has 1 fully saturated rings. The van der Waals surface area contributed by atoms with Gasteiger partial charge in [-0.3, -0.25) is 0 Å². The molecular formula is C15H24N2O3. The van der Waals surface area contributed by atoms with Gasteiger partial charge in [-0.2, -0.15) is 4.98 Å². The fourth-order valence-electron chi connectivity index (χ4n) is 2.89. The molecule has 1 unspecified atom stereocenters. The largest absolute Gasteiger partial charge is 0.461 e. The molecule has 1 aromatic heterocycles. The minimum atomic E-state index is -0.435. The number of carbonyl (C=O) groups is 1. The molecule has 1 saturated carbocycles. The monoisotopic (exact) mass is 280 g/mol. The Morgan fingerprint density at radius 3 is 2.85 bits per heavy atom. The van der Waals surface area contributed by atoms with Crippen molar-refractivity contribution >= 4 is 12.0 Å². The van der Waals surface area contributed by atoms with Crippen LogP contribution in [0.5, 0.6) is 0 Å². The number of hydrogen-bond acceptors (Lipinski definition) is 5. The summed E-state index contributed by atoms with van der Waals surface area (Å²) in [6.07, 6.45) is 8.87. The lowest BCUT2D eigenvalue weighted by Gasteiger charge is -2.29. The highest BCUT2D eigenvalue weighted by atomic mass is 16.5. The summed E-state index contributed by atoms with van der Waals surface area (Å²) >= 11 is 0. The Kier molecular flexibility index (Phi) is 5.44. The molecule has 1 atom stereocenters. The fraction of sp³-hybridized carbons (Fsp3) is 0.733. The second kappa shape index (κ2) is 7.31. The quantitative estimate of drug-likeness (QED) is 0.806. The second-order valence-corrected chi connectivity index (χ2v) is 5.32. The van der Waals surface area contributed by atoms with Crippen LogP contribution in [-0.2, 0) is 4.74 Å². The van der Waals surface area contributed by atoms with Crippen LogP contribution < -0.4 is 5.32 Å². The maximum atomic E-state index is 11.5. The van der Waals surface area contributed by atoms with E-state index < -0.39 is 5.97 Å². The van der Waals surface area contributed by atoms with Gasteiger partial charge >= 0.3 is 5.97 Å². The van der Waals surface area contributed by atoms with Gasteiger partial charge in [-0.25, -0.2) is 4.79 Å². The van der Waals surface area contributed by atoms with Crippen molar-refractivity contribution in [2.45, 2.75) is 58.4 Å². The summed E-state index contributed by atoms with van der Waals surface area (Å²) in [6.45, 7) is 4.28. The van der Waals surface area contributed by atoms with E-state index in [0.717, 1.165) is 6.42 Å². The molecular weight excluding hydrogens is 256 g/mol. The summed E-state index contributed by atoms with van der Waals surface area (Å²) in [4.78, 5) is 15.7. The number of oxazole rings is 1. The SMILES string of the molecule is CCOC(=O)c1coc(NC(CC)C2CCCCC2)n1. The van der Waals surface area contributed by atoms with Gasteiger partial charge in [0.1, 0.15) is 6.26 Å². The Hall–Kier alpha value is -1.52. The summed E-state index contributed by atoms with van der Waals surface area (Å²) in [5.41, 5.74) is 0.229. The predicted molar refractivity (Wildman–Crippen MR) is 76.7 cm³/mol. The summed E-state index contributed by atoms with van der Waals surface area (Å²) in [7, 11) is 0. The molecule has 0 spiro atoms. The third kappa shape index (κ3) is 3.74. The Balaban J connectivity index is 1.95. The first-order chi connectivity index (χ1) is 9.74. The average Bonchev–Trinajstić information content (AvgIpc) is 2.94. The van der Waals surface area contributed by atoms with Crippen LogP contribution in [0.25, 0.3) is 0 Å². The van der Waals surface area contributed by atoms with Crippen LogP contribution in [0.4, 0.5) is 6.01 Å². The average molecular weight is 280 g/mol. The topological polar surface area (TPSA) is 64.4 Å². The summed E-state index contributed by atoms with van der Waals surface area (Å²) < 4.78 is 10.2. The summed E-state index contributed by atoms with van der Waals surface area (Å²) in [5.74, 6) is 0.238. The minimum Gasteiger partial charge on any atom is -0.461 e. The molecule has 0 aromatic carbocycles. The zero-order chi connectivity index (χ0) is 14.4.